The van der Waals surface area contributed by atoms with Crippen molar-refractivity contribution in [2.45, 2.75) is 6.92 Å². The molecule has 2 heterocycles. The molecule has 0 unspecified atom stereocenters. The van der Waals surface area contributed by atoms with Gasteiger partial charge in [-0.05, 0) is 88.6 Å². The largest absolute Gasteiger partial charge is 0.506 e. The molecule has 0 saturated carbocycles. The highest BCUT2D eigenvalue weighted by molar-refractivity contribution is 9.10. The summed E-state index contributed by atoms with van der Waals surface area (Å²) in [5.41, 5.74) is 7.00. The Balaban J connectivity index is 0.000000191. The van der Waals surface area contributed by atoms with Crippen LogP contribution < -0.4 is 10.5 Å². The first-order valence-corrected chi connectivity index (χ1v) is 17.8. The molecule has 6 aromatic rings. The molecule has 0 aliphatic rings. The molecule has 4 aromatic carbocycles. The average Bonchev–Trinajstić information content (AvgIpc) is 3.85. The van der Waals surface area contributed by atoms with Crippen LogP contribution >= 0.6 is 54.5 Å². The van der Waals surface area contributed by atoms with Crippen LogP contribution in [0, 0.1) is 30.3 Å². The van der Waals surface area contributed by atoms with Gasteiger partial charge >= 0.3 is 23.0 Å². The summed E-state index contributed by atoms with van der Waals surface area (Å²) in [4.78, 5) is 42.2. The molecule has 2 aromatic heterocycles. The highest BCUT2D eigenvalue weighted by Crippen LogP contribution is 2.34. The van der Waals surface area contributed by atoms with Crippen molar-refractivity contribution < 1.29 is 39.6 Å². The standard InChI is InChI=1S/C10H7NO3S.C10H9NOS.C8H6BrNO4.C6H4BrNO3/c12-9-4-3-7(6-8(9)11(13)14)10-2-1-5-15-10;11-8-6-7(3-4-9(8)12)10-2-1-5-13-10;1-5(11)14-8-3-2-6(9)4-7(8)10(12)13;7-4-1-2-6(9)5(3-4)8(10)11/h1-6,12H;1-6,12H,11H2;2-4H,1H3;1-3,9H. The molecule has 53 heavy (non-hydrogen) atoms. The summed E-state index contributed by atoms with van der Waals surface area (Å²) in [7, 11) is 0. The van der Waals surface area contributed by atoms with E-state index < -0.39 is 20.7 Å². The Bertz CT molecular complexity index is 2220. The lowest BCUT2D eigenvalue weighted by Crippen LogP contribution is -2.03. The average molecular weight is 891 g/mol. The molecule has 15 nitrogen and oxygen atoms in total. The summed E-state index contributed by atoms with van der Waals surface area (Å²) < 4.78 is 5.79. The van der Waals surface area contributed by atoms with Crippen molar-refractivity contribution in [1.82, 2.24) is 0 Å². The molecule has 0 atom stereocenters. The van der Waals surface area contributed by atoms with Crippen LogP contribution in [-0.2, 0) is 4.79 Å². The second-order valence-electron chi connectivity index (χ2n) is 10.0. The van der Waals surface area contributed by atoms with Crippen LogP contribution in [0.5, 0.6) is 23.0 Å². The van der Waals surface area contributed by atoms with Gasteiger partial charge in [-0.1, -0.05) is 44.0 Å². The molecule has 0 fully saturated rings. The molecule has 0 radical (unpaired) electrons. The minimum Gasteiger partial charge on any atom is -0.506 e. The van der Waals surface area contributed by atoms with Gasteiger partial charge in [0.2, 0.25) is 5.75 Å². The fourth-order valence-electron chi connectivity index (χ4n) is 3.93. The minimum absolute atomic E-state index is 0.0503. The number of phenols is 3. The zero-order chi connectivity index (χ0) is 39.2. The number of rotatable bonds is 6. The molecular weight excluding hydrogens is 864 g/mol. The van der Waals surface area contributed by atoms with Crippen LogP contribution in [0.25, 0.3) is 20.9 Å². The van der Waals surface area contributed by atoms with Crippen LogP contribution in [0.4, 0.5) is 22.7 Å². The van der Waals surface area contributed by atoms with Gasteiger partial charge in [0.15, 0.2) is 11.5 Å². The maximum absolute atomic E-state index is 10.6. The number of nitrogen functional groups attached to an aromatic ring is 1. The SMILES string of the molecule is CC(=O)Oc1ccc(Br)cc1[N+](=O)[O-].Nc1cc(-c2cccs2)ccc1O.O=[N+]([O-])c1cc(-c2cccs2)ccc1O.O=[N+]([O-])c1cc(Br)ccc1O. The number of hydrogen-bond donors (Lipinski definition) is 4. The summed E-state index contributed by atoms with van der Waals surface area (Å²) in [6.45, 7) is 1.19. The predicted molar refractivity (Wildman–Crippen MR) is 208 cm³/mol. The van der Waals surface area contributed by atoms with E-state index in [0.29, 0.717) is 14.6 Å². The molecule has 274 valence electrons. The molecule has 5 N–H and O–H groups in total. The first kappa shape index (κ1) is 41.5. The number of aromatic hydroxyl groups is 3. The number of nitro groups is 3. The van der Waals surface area contributed by atoms with Crippen molar-refractivity contribution in [2.24, 2.45) is 0 Å². The van der Waals surface area contributed by atoms with Crippen molar-refractivity contribution in [2.75, 3.05) is 5.73 Å². The highest BCUT2D eigenvalue weighted by Gasteiger charge is 2.17. The molecule has 0 spiro atoms. The van der Waals surface area contributed by atoms with E-state index in [-0.39, 0.29) is 40.1 Å². The third kappa shape index (κ3) is 12.7. The van der Waals surface area contributed by atoms with Gasteiger partial charge in [-0.3, -0.25) is 35.1 Å². The molecule has 0 aliphatic heterocycles. The van der Waals surface area contributed by atoms with E-state index in [4.69, 9.17) is 10.8 Å². The van der Waals surface area contributed by atoms with Gasteiger partial charge in [0.05, 0.1) is 20.5 Å². The van der Waals surface area contributed by atoms with Gasteiger partial charge in [0.25, 0.3) is 0 Å². The van der Waals surface area contributed by atoms with Crippen LogP contribution in [-0.4, -0.2) is 36.1 Å². The van der Waals surface area contributed by atoms with Crippen molar-refractivity contribution in [3.63, 3.8) is 0 Å². The summed E-state index contributed by atoms with van der Waals surface area (Å²) in [6.07, 6.45) is 0. The summed E-state index contributed by atoms with van der Waals surface area (Å²) >= 11 is 9.29. The zero-order valence-corrected chi connectivity index (χ0v) is 31.8. The normalized spacial score (nSPS) is 9.87. The third-order valence-electron chi connectivity index (χ3n) is 6.32. The molecular formula is C34H26Br2N4O11S2. The van der Waals surface area contributed by atoms with Gasteiger partial charge in [-0.2, -0.15) is 0 Å². The lowest BCUT2D eigenvalue weighted by Gasteiger charge is -2.01. The number of nitrogens with two attached hydrogens (primary N) is 1. The van der Waals surface area contributed by atoms with Gasteiger partial charge in [-0.15, -0.1) is 22.7 Å². The first-order valence-electron chi connectivity index (χ1n) is 14.5. The van der Waals surface area contributed by atoms with Crippen LogP contribution in [0.15, 0.2) is 117 Å². The van der Waals surface area contributed by atoms with Gasteiger partial charge in [0, 0.05) is 43.8 Å². The lowest BCUT2D eigenvalue weighted by molar-refractivity contribution is -0.386. The second kappa shape index (κ2) is 19.6. The number of carbonyl (C=O) groups excluding carboxylic acids is 1. The molecule has 19 heteroatoms. The van der Waals surface area contributed by atoms with E-state index in [0.717, 1.165) is 20.9 Å². The number of benzene rings is 4. The van der Waals surface area contributed by atoms with Gasteiger partial charge in [0.1, 0.15) is 5.75 Å². The second-order valence-corrected chi connectivity index (χ2v) is 13.8. The van der Waals surface area contributed by atoms with Crippen molar-refractivity contribution in [3.05, 3.63) is 147 Å². The monoisotopic (exact) mass is 888 g/mol. The summed E-state index contributed by atoms with van der Waals surface area (Å²) in [6, 6.07) is 25.6. The first-order chi connectivity index (χ1) is 25.1. The van der Waals surface area contributed by atoms with E-state index in [2.05, 4.69) is 36.6 Å². The Kier molecular flexibility index (Phi) is 15.4. The topological polar surface area (TPSA) is 242 Å². The number of hydrogen-bond acceptors (Lipinski definition) is 14. The summed E-state index contributed by atoms with van der Waals surface area (Å²) in [5.74, 6) is -1.13. The number of ether oxygens (including phenoxy) is 1. The van der Waals surface area contributed by atoms with E-state index in [1.54, 1.807) is 35.6 Å². The predicted octanol–water partition coefficient (Wildman–Crippen LogP) is 10.1. The Morgan fingerprint density at radius 1 is 0.642 bits per heavy atom. The van der Waals surface area contributed by atoms with Gasteiger partial charge < -0.3 is 25.8 Å². The Morgan fingerprint density at radius 3 is 1.51 bits per heavy atom. The van der Waals surface area contributed by atoms with Crippen LogP contribution in [0.3, 0.4) is 0 Å². The number of esters is 1. The molecule has 0 bridgehead atoms. The van der Waals surface area contributed by atoms with E-state index >= 15 is 0 Å². The summed E-state index contributed by atoms with van der Waals surface area (Å²) in [5, 5.41) is 62.7. The van der Waals surface area contributed by atoms with Gasteiger partial charge in [-0.25, -0.2) is 0 Å². The number of thiophene rings is 2. The minimum atomic E-state index is -0.639. The highest BCUT2D eigenvalue weighted by atomic mass is 79.9. The van der Waals surface area contributed by atoms with E-state index in [9.17, 15) is 45.4 Å². The fourth-order valence-corrected chi connectivity index (χ4v) is 6.08. The zero-order valence-electron chi connectivity index (χ0n) is 27.0. The number of anilines is 1. The molecule has 0 amide bonds. The Labute approximate surface area is 324 Å². The number of nitrogens with zero attached hydrogens (tertiary/aromatic N) is 3. The third-order valence-corrected chi connectivity index (χ3v) is 9.14. The maximum Gasteiger partial charge on any atom is 0.312 e. The molecule has 0 saturated heterocycles. The number of nitro benzene ring substituents is 3. The van der Waals surface area contributed by atoms with Crippen molar-refractivity contribution in [1.29, 1.82) is 0 Å². The van der Waals surface area contributed by atoms with Crippen molar-refractivity contribution >= 4 is 83.3 Å². The Hall–Kier alpha value is -5.89. The lowest BCUT2D eigenvalue weighted by atomic mass is 10.1. The smallest absolute Gasteiger partial charge is 0.312 e. The van der Waals surface area contributed by atoms with E-state index in [1.165, 1.54) is 60.7 Å². The maximum atomic E-state index is 10.6. The van der Waals surface area contributed by atoms with Crippen LogP contribution in [0.1, 0.15) is 6.92 Å². The molecule has 0 aliphatic carbocycles. The Morgan fingerprint density at radius 2 is 1.08 bits per heavy atom. The molecule has 6 rings (SSSR count). The number of carbonyl (C=O) groups is 1. The number of halogens is 2. The van der Waals surface area contributed by atoms with E-state index in [1.807, 2.05) is 41.1 Å². The fraction of sp³-hybridized carbons (Fsp3) is 0.0294. The van der Waals surface area contributed by atoms with Crippen molar-refractivity contribution in [3.8, 4) is 43.9 Å². The quantitative estimate of drug-likeness (QED) is 0.0305. The number of phenolic OH excluding ortho intramolecular Hbond substituents is 3. The van der Waals surface area contributed by atoms with Crippen LogP contribution in [0.2, 0.25) is 0 Å².